The number of hydrogen-bond donors (Lipinski definition) is 1. The van der Waals surface area contributed by atoms with Crippen LogP contribution in [0.5, 0.6) is 0 Å². The molecule has 0 aliphatic heterocycles. The Hall–Kier alpha value is -1.10. The number of aromatic nitrogens is 1. The predicted octanol–water partition coefficient (Wildman–Crippen LogP) is 4.42. The van der Waals surface area contributed by atoms with Gasteiger partial charge in [-0.3, -0.25) is 4.98 Å². The molecule has 0 amide bonds. The van der Waals surface area contributed by atoms with Crippen LogP contribution in [-0.2, 0) is 6.42 Å². The van der Waals surface area contributed by atoms with E-state index >= 15 is 0 Å². The maximum Gasteiger partial charge on any atom is 0.389 e. The molecule has 0 saturated carbocycles. The van der Waals surface area contributed by atoms with Crippen LogP contribution in [0.15, 0.2) is 18.5 Å². The van der Waals surface area contributed by atoms with Gasteiger partial charge in [0.05, 0.1) is 0 Å². The topological polar surface area (TPSA) is 24.9 Å². The molecule has 1 aromatic rings. The van der Waals surface area contributed by atoms with Crippen LogP contribution in [0.4, 0.5) is 13.2 Å². The third-order valence-corrected chi connectivity index (χ3v) is 3.29. The van der Waals surface area contributed by atoms with Gasteiger partial charge in [0.25, 0.3) is 0 Å². The molecule has 1 unspecified atom stereocenters. The zero-order valence-corrected chi connectivity index (χ0v) is 12.1. The maximum absolute atomic E-state index is 12.3. The van der Waals surface area contributed by atoms with Crippen LogP contribution in [0.3, 0.4) is 0 Å². The molecule has 0 bridgehead atoms. The zero-order valence-electron chi connectivity index (χ0n) is 12.1. The van der Waals surface area contributed by atoms with Crippen molar-refractivity contribution in [2.45, 2.75) is 58.2 Å². The summed E-state index contributed by atoms with van der Waals surface area (Å²) in [5, 5.41) is 3.35. The normalized spacial score (nSPS) is 13.4. The first kappa shape index (κ1) is 17.0. The Morgan fingerprint density at radius 2 is 2.05 bits per heavy atom. The van der Waals surface area contributed by atoms with Crippen LogP contribution in [0.2, 0.25) is 0 Å². The smallest absolute Gasteiger partial charge is 0.310 e. The Kier molecular flexibility index (Phi) is 6.99. The summed E-state index contributed by atoms with van der Waals surface area (Å²) in [4.78, 5) is 4.09. The van der Waals surface area contributed by atoms with Crippen molar-refractivity contribution in [3.05, 3.63) is 29.6 Å². The number of halogens is 3. The highest BCUT2D eigenvalue weighted by atomic mass is 19.4. The Balaban J connectivity index is 2.72. The zero-order chi connectivity index (χ0) is 15.0. The highest BCUT2D eigenvalue weighted by molar-refractivity contribution is 5.26. The Morgan fingerprint density at radius 3 is 2.65 bits per heavy atom. The fraction of sp³-hybridized carbons (Fsp3) is 0.667. The minimum absolute atomic E-state index is 0.0183. The lowest BCUT2D eigenvalue weighted by Crippen LogP contribution is -2.24. The number of pyridine rings is 1. The van der Waals surface area contributed by atoms with Crippen molar-refractivity contribution in [1.82, 2.24) is 10.3 Å². The average Bonchev–Trinajstić information content (AvgIpc) is 2.41. The molecule has 0 spiro atoms. The minimum Gasteiger partial charge on any atom is -0.310 e. The predicted molar refractivity (Wildman–Crippen MR) is 74.6 cm³/mol. The van der Waals surface area contributed by atoms with Crippen molar-refractivity contribution >= 4 is 0 Å². The van der Waals surface area contributed by atoms with Gasteiger partial charge in [-0.2, -0.15) is 13.2 Å². The molecule has 114 valence electrons. The molecule has 0 radical (unpaired) electrons. The third kappa shape index (κ3) is 5.90. The molecule has 5 heteroatoms. The monoisotopic (exact) mass is 288 g/mol. The van der Waals surface area contributed by atoms with E-state index in [1.54, 1.807) is 12.4 Å². The minimum atomic E-state index is -4.07. The molecular weight excluding hydrogens is 265 g/mol. The number of alkyl halides is 3. The lowest BCUT2D eigenvalue weighted by Gasteiger charge is -2.21. The molecule has 1 atom stereocenters. The van der Waals surface area contributed by atoms with Crippen LogP contribution in [0.1, 0.15) is 56.7 Å². The molecule has 1 heterocycles. The number of nitrogens with one attached hydrogen (secondary N) is 1. The summed E-state index contributed by atoms with van der Waals surface area (Å²) in [7, 11) is 0. The van der Waals surface area contributed by atoms with Gasteiger partial charge in [0.15, 0.2) is 0 Å². The van der Waals surface area contributed by atoms with Crippen LogP contribution in [-0.4, -0.2) is 17.7 Å². The lowest BCUT2D eigenvalue weighted by atomic mass is 9.96. The summed E-state index contributed by atoms with van der Waals surface area (Å²) in [6.07, 6.45) is 1.17. The molecule has 20 heavy (non-hydrogen) atoms. The summed E-state index contributed by atoms with van der Waals surface area (Å²) < 4.78 is 36.8. The number of hydrogen-bond acceptors (Lipinski definition) is 2. The average molecular weight is 288 g/mol. The Labute approximate surface area is 118 Å². The number of nitrogens with zero attached hydrogens (tertiary/aromatic N) is 1. The van der Waals surface area contributed by atoms with Gasteiger partial charge in [-0.05, 0) is 49.4 Å². The van der Waals surface area contributed by atoms with Gasteiger partial charge in [-0.1, -0.05) is 13.8 Å². The van der Waals surface area contributed by atoms with Crippen molar-refractivity contribution in [3.8, 4) is 0 Å². The second-order valence-electron chi connectivity index (χ2n) is 4.94. The molecule has 0 aromatic carbocycles. The first-order chi connectivity index (χ1) is 9.48. The van der Waals surface area contributed by atoms with Crippen LogP contribution >= 0.6 is 0 Å². The lowest BCUT2D eigenvalue weighted by molar-refractivity contribution is -0.135. The number of aryl methyl sites for hydroxylation is 1. The molecule has 0 saturated heterocycles. The van der Waals surface area contributed by atoms with E-state index in [0.29, 0.717) is 6.42 Å². The van der Waals surface area contributed by atoms with Gasteiger partial charge in [0.2, 0.25) is 0 Å². The molecule has 0 aliphatic rings. The second-order valence-corrected chi connectivity index (χ2v) is 4.94. The fourth-order valence-electron chi connectivity index (χ4n) is 2.27. The third-order valence-electron chi connectivity index (χ3n) is 3.29. The molecule has 1 aromatic heterocycles. The summed E-state index contributed by atoms with van der Waals surface area (Å²) in [6, 6.07) is 1.90. The molecular formula is C15H23F3N2. The van der Waals surface area contributed by atoms with Crippen LogP contribution in [0.25, 0.3) is 0 Å². The largest absolute Gasteiger partial charge is 0.389 e. The van der Waals surface area contributed by atoms with Crippen molar-refractivity contribution in [3.63, 3.8) is 0 Å². The summed E-state index contributed by atoms with van der Waals surface area (Å²) >= 11 is 0. The van der Waals surface area contributed by atoms with E-state index in [-0.39, 0.29) is 12.5 Å². The first-order valence-corrected chi connectivity index (χ1v) is 7.20. The van der Waals surface area contributed by atoms with E-state index in [9.17, 15) is 13.2 Å². The van der Waals surface area contributed by atoms with E-state index < -0.39 is 12.6 Å². The summed E-state index contributed by atoms with van der Waals surface area (Å²) in [5.41, 5.74) is 2.19. The standard InChI is InChI=1S/C15H23F3N2/c1-3-9-20-14(6-5-8-15(16,17)18)13-7-10-19-11-12(13)4-2/h7,10-11,14,20H,3-6,8-9H2,1-2H3. The SMILES string of the molecule is CCCNC(CCCC(F)(F)F)c1ccncc1CC. The van der Waals surface area contributed by atoms with Gasteiger partial charge >= 0.3 is 6.18 Å². The van der Waals surface area contributed by atoms with Crippen molar-refractivity contribution in [2.24, 2.45) is 0 Å². The molecule has 1 rings (SSSR count). The quantitative estimate of drug-likeness (QED) is 0.766. The summed E-state index contributed by atoms with van der Waals surface area (Å²) in [5.74, 6) is 0. The Morgan fingerprint density at radius 1 is 1.30 bits per heavy atom. The molecule has 0 aliphatic carbocycles. The van der Waals surface area contributed by atoms with Crippen molar-refractivity contribution in [1.29, 1.82) is 0 Å². The van der Waals surface area contributed by atoms with Crippen molar-refractivity contribution in [2.75, 3.05) is 6.54 Å². The van der Waals surface area contributed by atoms with Crippen molar-refractivity contribution < 1.29 is 13.2 Å². The van der Waals surface area contributed by atoms with E-state index in [1.807, 2.05) is 19.9 Å². The Bertz CT molecular complexity index is 391. The molecule has 2 nitrogen and oxygen atoms in total. The fourth-order valence-corrected chi connectivity index (χ4v) is 2.27. The van der Waals surface area contributed by atoms with E-state index in [0.717, 1.165) is 30.5 Å². The van der Waals surface area contributed by atoms with Gasteiger partial charge in [0.1, 0.15) is 0 Å². The molecule has 1 N–H and O–H groups in total. The van der Waals surface area contributed by atoms with E-state index in [4.69, 9.17) is 0 Å². The van der Waals surface area contributed by atoms with Gasteiger partial charge < -0.3 is 5.32 Å². The van der Waals surface area contributed by atoms with Crippen LogP contribution in [0, 0.1) is 0 Å². The van der Waals surface area contributed by atoms with Gasteiger partial charge in [-0.15, -0.1) is 0 Å². The number of rotatable bonds is 8. The maximum atomic E-state index is 12.3. The van der Waals surface area contributed by atoms with E-state index in [1.165, 1.54) is 0 Å². The highest BCUT2D eigenvalue weighted by Gasteiger charge is 2.27. The van der Waals surface area contributed by atoms with Gasteiger partial charge in [0, 0.05) is 24.9 Å². The van der Waals surface area contributed by atoms with Crippen LogP contribution < -0.4 is 5.32 Å². The summed E-state index contributed by atoms with van der Waals surface area (Å²) in [6.45, 7) is 4.89. The first-order valence-electron chi connectivity index (χ1n) is 7.20. The van der Waals surface area contributed by atoms with E-state index in [2.05, 4.69) is 10.3 Å². The molecule has 0 fully saturated rings. The highest BCUT2D eigenvalue weighted by Crippen LogP contribution is 2.27. The van der Waals surface area contributed by atoms with Gasteiger partial charge in [-0.25, -0.2) is 0 Å². The second kappa shape index (κ2) is 8.25.